The molecule has 0 amide bonds. The molecule has 23 heavy (non-hydrogen) atoms. The minimum Gasteiger partial charge on any atom is -0.493 e. The fraction of sp³-hybridized carbons (Fsp3) is 0.471. The summed E-state index contributed by atoms with van der Waals surface area (Å²) in [6.07, 6.45) is 3.79. The minimum atomic E-state index is -0.0122. The van der Waals surface area contributed by atoms with Crippen LogP contribution in [0.25, 0.3) is 11.3 Å². The van der Waals surface area contributed by atoms with Gasteiger partial charge in [0.1, 0.15) is 0 Å². The third kappa shape index (κ3) is 3.59. The number of hydrogen-bond acceptors (Lipinski definition) is 5. The maximum atomic E-state index is 11.9. The van der Waals surface area contributed by atoms with Crippen LogP contribution in [0.3, 0.4) is 0 Å². The smallest absolute Gasteiger partial charge is 0.305 e. The lowest BCUT2D eigenvalue weighted by molar-refractivity contribution is 0.223. The zero-order valence-corrected chi connectivity index (χ0v) is 14.4. The predicted molar refractivity (Wildman–Crippen MR) is 92.6 cm³/mol. The molecule has 3 rings (SSSR count). The molecule has 0 aliphatic carbocycles. The molecule has 0 spiro atoms. The number of rotatable bonds is 5. The Kier molecular flexibility index (Phi) is 5.03. The highest BCUT2D eigenvalue weighted by Gasteiger charge is 2.17. The van der Waals surface area contributed by atoms with Crippen molar-refractivity contribution >= 4 is 11.3 Å². The summed E-state index contributed by atoms with van der Waals surface area (Å²) in [5.41, 5.74) is 1.85. The largest absolute Gasteiger partial charge is 0.493 e. The third-order valence-corrected chi connectivity index (χ3v) is 5.08. The van der Waals surface area contributed by atoms with Gasteiger partial charge in [-0.3, -0.25) is 9.69 Å². The van der Waals surface area contributed by atoms with E-state index in [0.717, 1.165) is 35.8 Å². The number of thiazole rings is 1. The van der Waals surface area contributed by atoms with Crippen molar-refractivity contribution in [2.45, 2.75) is 25.8 Å². The Morgan fingerprint density at radius 1 is 1.13 bits per heavy atom. The molecule has 0 atom stereocenters. The number of aromatic nitrogens is 1. The van der Waals surface area contributed by atoms with Crippen LogP contribution in [-0.2, 0) is 6.54 Å². The minimum absolute atomic E-state index is 0.0122. The molecule has 6 heteroatoms. The Morgan fingerprint density at radius 2 is 1.87 bits per heavy atom. The van der Waals surface area contributed by atoms with Gasteiger partial charge in [0, 0.05) is 17.0 Å². The summed E-state index contributed by atoms with van der Waals surface area (Å²) in [4.78, 5) is 18.4. The van der Waals surface area contributed by atoms with E-state index in [2.05, 4.69) is 9.88 Å². The number of benzene rings is 1. The van der Waals surface area contributed by atoms with Gasteiger partial charge in [-0.2, -0.15) is 0 Å². The topological polar surface area (TPSA) is 54.6 Å². The lowest BCUT2D eigenvalue weighted by Gasteiger charge is -2.26. The highest BCUT2D eigenvalue weighted by atomic mass is 32.1. The Bertz CT molecular complexity index is 717. The van der Waals surface area contributed by atoms with Crippen LogP contribution in [0, 0.1) is 0 Å². The van der Waals surface area contributed by atoms with Crippen molar-refractivity contribution in [3.05, 3.63) is 32.7 Å². The van der Waals surface area contributed by atoms with Crippen molar-refractivity contribution in [3.8, 4) is 22.8 Å². The van der Waals surface area contributed by atoms with Gasteiger partial charge in [-0.25, -0.2) is 0 Å². The van der Waals surface area contributed by atoms with E-state index in [9.17, 15) is 4.79 Å². The quantitative estimate of drug-likeness (QED) is 0.913. The summed E-state index contributed by atoms with van der Waals surface area (Å²) in [5, 5.41) is 0. The Labute approximate surface area is 139 Å². The van der Waals surface area contributed by atoms with E-state index in [4.69, 9.17) is 9.47 Å². The van der Waals surface area contributed by atoms with Crippen LogP contribution in [0.1, 0.15) is 24.1 Å². The zero-order chi connectivity index (χ0) is 16.2. The number of methoxy groups -OCH3 is 2. The standard InChI is InChI=1S/C17H22N2O3S/c1-21-13-7-6-12(10-14(13)22-2)16-15(23-17(20)18-16)11-19-8-4-3-5-9-19/h6-7,10H,3-5,8-9,11H2,1-2H3,(H,18,20). The fourth-order valence-corrected chi connectivity index (χ4v) is 3.91. The van der Waals surface area contributed by atoms with Crippen molar-refractivity contribution in [1.29, 1.82) is 0 Å². The average Bonchev–Trinajstić information content (AvgIpc) is 2.95. The summed E-state index contributed by atoms with van der Waals surface area (Å²) < 4.78 is 10.7. The SMILES string of the molecule is COc1ccc(-c2[nH]c(=O)sc2CN2CCCCC2)cc1OC. The predicted octanol–water partition coefficient (Wildman–Crippen LogP) is 3.11. The molecule has 1 aliphatic heterocycles. The number of H-pyrrole nitrogens is 1. The van der Waals surface area contributed by atoms with Crippen LogP contribution in [0.2, 0.25) is 0 Å². The van der Waals surface area contributed by atoms with Crippen molar-refractivity contribution in [1.82, 2.24) is 9.88 Å². The third-order valence-electron chi connectivity index (χ3n) is 4.21. The van der Waals surface area contributed by atoms with Gasteiger partial charge in [-0.1, -0.05) is 17.8 Å². The fourth-order valence-electron chi connectivity index (χ4n) is 3.02. The van der Waals surface area contributed by atoms with Gasteiger partial charge in [0.15, 0.2) is 11.5 Å². The van der Waals surface area contributed by atoms with E-state index in [0.29, 0.717) is 11.5 Å². The zero-order valence-electron chi connectivity index (χ0n) is 13.6. The van der Waals surface area contributed by atoms with Gasteiger partial charge in [0.05, 0.1) is 19.9 Å². The molecule has 124 valence electrons. The molecule has 5 nitrogen and oxygen atoms in total. The molecule has 1 aromatic heterocycles. The number of piperidine rings is 1. The van der Waals surface area contributed by atoms with Gasteiger partial charge >= 0.3 is 4.87 Å². The van der Waals surface area contributed by atoms with E-state index < -0.39 is 0 Å². The molecule has 0 bridgehead atoms. The first-order valence-electron chi connectivity index (χ1n) is 7.88. The Balaban J connectivity index is 1.91. The molecular weight excluding hydrogens is 312 g/mol. The first-order chi connectivity index (χ1) is 11.2. The number of hydrogen-bond donors (Lipinski definition) is 1. The first-order valence-corrected chi connectivity index (χ1v) is 8.69. The van der Waals surface area contributed by atoms with Gasteiger partial charge < -0.3 is 14.5 Å². The number of nitrogens with one attached hydrogen (secondary N) is 1. The van der Waals surface area contributed by atoms with Crippen LogP contribution in [-0.4, -0.2) is 37.2 Å². The van der Waals surface area contributed by atoms with Crippen molar-refractivity contribution in [3.63, 3.8) is 0 Å². The Morgan fingerprint density at radius 3 is 2.57 bits per heavy atom. The number of nitrogens with zero attached hydrogens (tertiary/aromatic N) is 1. The Hall–Kier alpha value is -1.79. The monoisotopic (exact) mass is 334 g/mol. The summed E-state index contributed by atoms with van der Waals surface area (Å²) in [6, 6.07) is 5.74. The highest BCUT2D eigenvalue weighted by Crippen LogP contribution is 2.33. The number of ether oxygens (including phenoxy) is 2. The molecule has 1 aliphatic rings. The lowest BCUT2D eigenvalue weighted by atomic mass is 10.1. The number of aromatic amines is 1. The van der Waals surface area contributed by atoms with Crippen LogP contribution in [0.5, 0.6) is 11.5 Å². The van der Waals surface area contributed by atoms with E-state index in [1.165, 1.54) is 30.6 Å². The molecule has 1 saturated heterocycles. The van der Waals surface area contributed by atoms with Crippen molar-refractivity contribution in [2.24, 2.45) is 0 Å². The summed E-state index contributed by atoms with van der Waals surface area (Å²) in [5.74, 6) is 1.35. The molecule has 2 heterocycles. The van der Waals surface area contributed by atoms with Gasteiger partial charge in [-0.05, 0) is 44.1 Å². The summed E-state index contributed by atoms with van der Waals surface area (Å²) >= 11 is 1.30. The lowest BCUT2D eigenvalue weighted by Crippen LogP contribution is -2.28. The maximum absolute atomic E-state index is 11.9. The van der Waals surface area contributed by atoms with Gasteiger partial charge in [0.25, 0.3) is 0 Å². The summed E-state index contributed by atoms with van der Waals surface area (Å²) in [7, 11) is 3.23. The first kappa shape index (κ1) is 16.1. The molecule has 1 aromatic carbocycles. The number of likely N-dealkylation sites (tertiary alicyclic amines) is 1. The van der Waals surface area contributed by atoms with Crippen molar-refractivity contribution < 1.29 is 9.47 Å². The van der Waals surface area contributed by atoms with E-state index in [1.807, 2.05) is 18.2 Å². The average molecular weight is 334 g/mol. The van der Waals surface area contributed by atoms with E-state index in [-0.39, 0.29) is 4.87 Å². The highest BCUT2D eigenvalue weighted by molar-refractivity contribution is 7.09. The summed E-state index contributed by atoms with van der Waals surface area (Å²) in [6.45, 7) is 3.04. The molecule has 0 unspecified atom stereocenters. The van der Waals surface area contributed by atoms with Crippen LogP contribution >= 0.6 is 11.3 Å². The second kappa shape index (κ2) is 7.19. The normalized spacial score (nSPS) is 15.6. The molecule has 0 saturated carbocycles. The molecule has 1 N–H and O–H groups in total. The van der Waals surface area contributed by atoms with E-state index in [1.54, 1.807) is 14.2 Å². The molecule has 2 aromatic rings. The second-order valence-electron chi connectivity index (χ2n) is 5.72. The van der Waals surface area contributed by atoms with Gasteiger partial charge in [-0.15, -0.1) is 0 Å². The second-order valence-corrected chi connectivity index (χ2v) is 6.79. The van der Waals surface area contributed by atoms with Gasteiger partial charge in [0.2, 0.25) is 0 Å². The van der Waals surface area contributed by atoms with Crippen LogP contribution in [0.15, 0.2) is 23.0 Å². The molecule has 0 radical (unpaired) electrons. The van der Waals surface area contributed by atoms with Crippen LogP contribution < -0.4 is 14.3 Å². The van der Waals surface area contributed by atoms with Crippen LogP contribution in [0.4, 0.5) is 0 Å². The molecular formula is C17H22N2O3S. The maximum Gasteiger partial charge on any atom is 0.305 e. The van der Waals surface area contributed by atoms with E-state index >= 15 is 0 Å². The van der Waals surface area contributed by atoms with Crippen molar-refractivity contribution in [2.75, 3.05) is 27.3 Å². The molecule has 1 fully saturated rings.